The fourth-order valence-corrected chi connectivity index (χ4v) is 1.35. The molecule has 6 nitrogen and oxygen atoms in total. The highest BCUT2D eigenvalue weighted by Crippen LogP contribution is 2.08. The zero-order chi connectivity index (χ0) is 8.65. The number of rotatable bonds is 1. The molecule has 0 aromatic heterocycles. The van der Waals surface area contributed by atoms with Gasteiger partial charge in [0, 0.05) is 0 Å². The molecule has 0 aromatic carbocycles. The molecular weight excluding hydrogens is 174 g/mol. The summed E-state index contributed by atoms with van der Waals surface area (Å²) in [6.07, 6.45) is 0. The lowest BCUT2D eigenvalue weighted by atomic mass is 10.5. The van der Waals surface area contributed by atoms with Crippen LogP contribution in [0.2, 0.25) is 0 Å². The first-order chi connectivity index (χ1) is 4.93. The normalized spacial score (nSPS) is 20.7. The molecule has 1 aliphatic rings. The fraction of sp³-hybridized carbons (Fsp3) is 0. The van der Waals surface area contributed by atoms with Crippen LogP contribution in [0.3, 0.4) is 0 Å². The first kappa shape index (κ1) is 7.73. The second kappa shape index (κ2) is 2.06. The second-order valence-electron chi connectivity index (χ2n) is 1.79. The van der Waals surface area contributed by atoms with Crippen molar-refractivity contribution in [2.75, 3.05) is 0 Å². The van der Waals surface area contributed by atoms with Gasteiger partial charge >= 0.3 is 11.2 Å². The summed E-state index contributed by atoms with van der Waals surface area (Å²) < 4.78 is 21.0. The molecule has 1 aliphatic heterocycles. The number of carbonyl (C=O) groups is 2. The Hall–Kier alpha value is -1.37. The van der Waals surface area contributed by atoms with E-state index in [1.807, 2.05) is 0 Å². The van der Waals surface area contributed by atoms with Crippen LogP contribution >= 0.6 is 0 Å². The van der Waals surface area contributed by atoms with Gasteiger partial charge in [-0.25, -0.2) is 13.2 Å². The van der Waals surface area contributed by atoms with Crippen LogP contribution in [0.4, 0.5) is 4.79 Å². The van der Waals surface area contributed by atoms with Gasteiger partial charge in [-0.2, -0.15) is 0 Å². The number of aliphatic carboxylic acids is 1. The lowest BCUT2D eigenvalue weighted by Gasteiger charge is -1.90. The maximum absolute atomic E-state index is 10.5. The molecule has 60 valence electrons. The Morgan fingerprint density at radius 3 is 2.27 bits per heavy atom. The van der Waals surface area contributed by atoms with Crippen molar-refractivity contribution in [3.63, 3.8) is 0 Å². The van der Waals surface area contributed by atoms with Crippen LogP contribution < -0.4 is 5.32 Å². The van der Waals surface area contributed by atoms with Crippen molar-refractivity contribution in [1.82, 2.24) is 5.32 Å². The van der Waals surface area contributed by atoms with Crippen molar-refractivity contribution in [3.8, 4) is 0 Å². The maximum atomic E-state index is 10.5. The molecule has 0 aliphatic carbocycles. The lowest BCUT2D eigenvalue weighted by Crippen LogP contribution is -2.22. The molecule has 7 heteroatoms. The number of sulfone groups is 1. The van der Waals surface area contributed by atoms with E-state index in [9.17, 15) is 18.0 Å². The van der Waals surface area contributed by atoms with Gasteiger partial charge in [0.2, 0.25) is 0 Å². The summed E-state index contributed by atoms with van der Waals surface area (Å²) >= 11 is 0. The van der Waals surface area contributed by atoms with Crippen LogP contribution in [-0.4, -0.2) is 24.7 Å². The number of carbonyl (C=O) groups excluding carboxylic acids is 1. The first-order valence-electron chi connectivity index (χ1n) is 2.44. The highest BCUT2D eigenvalue weighted by atomic mass is 32.2. The smallest absolute Gasteiger partial charge is 0.353 e. The Morgan fingerprint density at radius 1 is 1.55 bits per heavy atom. The fourth-order valence-electron chi connectivity index (χ4n) is 0.523. The van der Waals surface area contributed by atoms with E-state index in [2.05, 4.69) is 0 Å². The Labute approximate surface area is 61.4 Å². The van der Waals surface area contributed by atoms with Crippen LogP contribution in [0.25, 0.3) is 0 Å². The van der Waals surface area contributed by atoms with Gasteiger partial charge in [-0.05, 0) is 0 Å². The van der Waals surface area contributed by atoms with Gasteiger partial charge in [0.05, 0.1) is 5.41 Å². The third-order valence-electron chi connectivity index (χ3n) is 0.999. The molecule has 0 radical (unpaired) electrons. The van der Waals surface area contributed by atoms with E-state index in [-0.39, 0.29) is 0 Å². The SMILES string of the molecule is O=C(O)C1=CS(=O)(=O)C(=O)N1. The van der Waals surface area contributed by atoms with Crippen molar-refractivity contribution >= 4 is 21.0 Å². The maximum Gasteiger partial charge on any atom is 0.353 e. The van der Waals surface area contributed by atoms with E-state index in [0.717, 1.165) is 0 Å². The Kier molecular flexibility index (Phi) is 1.45. The van der Waals surface area contributed by atoms with Crippen LogP contribution in [0.1, 0.15) is 0 Å². The van der Waals surface area contributed by atoms with E-state index < -0.39 is 26.7 Å². The van der Waals surface area contributed by atoms with Gasteiger partial charge < -0.3 is 10.4 Å². The molecule has 0 bridgehead atoms. The number of hydrogen-bond donors (Lipinski definition) is 2. The molecule has 11 heavy (non-hydrogen) atoms. The highest BCUT2D eigenvalue weighted by Gasteiger charge is 2.31. The predicted octanol–water partition coefficient (Wildman–Crippen LogP) is -0.950. The molecular formula is C4H3NO5S. The van der Waals surface area contributed by atoms with Crippen LogP contribution in [0, 0.1) is 0 Å². The number of nitrogens with one attached hydrogen (secondary N) is 1. The minimum Gasteiger partial charge on any atom is -0.477 e. The summed E-state index contributed by atoms with van der Waals surface area (Å²) in [6, 6.07) is 0. The van der Waals surface area contributed by atoms with Crippen LogP contribution in [0.5, 0.6) is 0 Å². The highest BCUT2D eigenvalue weighted by molar-refractivity contribution is 8.08. The van der Waals surface area contributed by atoms with Gasteiger partial charge in [0.1, 0.15) is 5.70 Å². The van der Waals surface area contributed by atoms with Crippen molar-refractivity contribution in [2.45, 2.75) is 0 Å². The molecule has 0 spiro atoms. The topological polar surface area (TPSA) is 101 Å². The molecule has 0 saturated carbocycles. The average Bonchev–Trinajstić information content (AvgIpc) is 2.08. The Morgan fingerprint density at radius 2 is 2.09 bits per heavy atom. The van der Waals surface area contributed by atoms with E-state index in [1.54, 1.807) is 5.32 Å². The molecule has 1 heterocycles. The number of amides is 1. The number of carboxylic acid groups (broad SMARTS) is 1. The van der Waals surface area contributed by atoms with Gasteiger partial charge in [-0.15, -0.1) is 0 Å². The van der Waals surface area contributed by atoms with Crippen molar-refractivity contribution in [2.24, 2.45) is 0 Å². The summed E-state index contributed by atoms with van der Waals surface area (Å²) in [5.74, 6) is -1.47. The standard InChI is InChI=1S/C4H3NO5S/c6-3(7)2-1-11(9,10)4(8)5-2/h1H,(H,5,8)(H,6,7). The van der Waals surface area contributed by atoms with Crippen molar-refractivity contribution in [1.29, 1.82) is 0 Å². The Bertz CT molecular complexity index is 351. The minimum atomic E-state index is -4.01. The van der Waals surface area contributed by atoms with E-state index in [1.165, 1.54) is 0 Å². The second-order valence-corrected chi connectivity index (χ2v) is 3.49. The third-order valence-corrected chi connectivity index (χ3v) is 2.16. The van der Waals surface area contributed by atoms with Gasteiger partial charge in [0.25, 0.3) is 9.84 Å². The zero-order valence-corrected chi connectivity index (χ0v) is 5.88. The van der Waals surface area contributed by atoms with Gasteiger partial charge in [-0.1, -0.05) is 0 Å². The third kappa shape index (κ3) is 1.22. The average molecular weight is 177 g/mol. The lowest BCUT2D eigenvalue weighted by molar-refractivity contribution is -0.132. The summed E-state index contributed by atoms with van der Waals surface area (Å²) in [4.78, 5) is 20.5. The Balaban J connectivity index is 3.14. The quantitative estimate of drug-likeness (QED) is 0.537. The summed E-state index contributed by atoms with van der Waals surface area (Å²) in [5, 5.41) is 8.98. The predicted molar refractivity (Wildman–Crippen MR) is 33.2 cm³/mol. The molecule has 0 unspecified atom stereocenters. The van der Waals surface area contributed by atoms with Crippen LogP contribution in [-0.2, 0) is 14.6 Å². The van der Waals surface area contributed by atoms with E-state index >= 15 is 0 Å². The number of hydrogen-bond acceptors (Lipinski definition) is 4. The molecule has 0 atom stereocenters. The van der Waals surface area contributed by atoms with Crippen molar-refractivity contribution < 1.29 is 23.1 Å². The zero-order valence-electron chi connectivity index (χ0n) is 5.07. The minimum absolute atomic E-state index is 0.387. The van der Waals surface area contributed by atoms with Crippen LogP contribution in [0.15, 0.2) is 11.1 Å². The van der Waals surface area contributed by atoms with E-state index in [0.29, 0.717) is 5.41 Å². The molecule has 0 fully saturated rings. The van der Waals surface area contributed by atoms with Crippen molar-refractivity contribution in [3.05, 3.63) is 11.1 Å². The van der Waals surface area contributed by atoms with E-state index in [4.69, 9.17) is 5.11 Å². The molecule has 1 rings (SSSR count). The molecule has 0 saturated heterocycles. The van der Waals surface area contributed by atoms with Gasteiger partial charge in [0.15, 0.2) is 0 Å². The molecule has 0 aromatic rings. The summed E-state index contributed by atoms with van der Waals surface area (Å²) in [6.45, 7) is 0. The molecule has 1 amide bonds. The largest absolute Gasteiger partial charge is 0.477 e. The first-order valence-corrected chi connectivity index (χ1v) is 3.99. The number of carboxylic acids is 1. The van der Waals surface area contributed by atoms with Gasteiger partial charge in [-0.3, -0.25) is 4.79 Å². The summed E-state index contributed by atoms with van der Waals surface area (Å²) in [5.41, 5.74) is -0.616. The molecule has 2 N–H and O–H groups in total. The summed E-state index contributed by atoms with van der Waals surface area (Å²) in [7, 11) is -4.01. The monoisotopic (exact) mass is 177 g/mol.